The number of aryl methyl sites for hydroxylation is 1. The molecule has 3 rings (SSSR count). The summed E-state index contributed by atoms with van der Waals surface area (Å²) in [4.78, 5) is 37.2. The Morgan fingerprint density at radius 1 is 1.13 bits per heavy atom. The molecule has 0 bridgehead atoms. The van der Waals surface area contributed by atoms with E-state index in [-0.39, 0.29) is 11.8 Å². The molecule has 2 aliphatic rings. The van der Waals surface area contributed by atoms with Gasteiger partial charge in [-0.2, -0.15) is 0 Å². The summed E-state index contributed by atoms with van der Waals surface area (Å²) in [6.07, 6.45) is 3.19. The van der Waals surface area contributed by atoms with Gasteiger partial charge in [0.05, 0.1) is 0 Å². The number of imide groups is 1. The lowest BCUT2D eigenvalue weighted by Gasteiger charge is -2.37. The molecule has 1 aromatic carbocycles. The van der Waals surface area contributed by atoms with Crippen LogP contribution in [-0.4, -0.2) is 41.4 Å². The van der Waals surface area contributed by atoms with E-state index in [9.17, 15) is 14.4 Å². The minimum Gasteiger partial charge on any atom is -0.342 e. The average Bonchev–Trinajstić information content (AvgIpc) is 2.82. The van der Waals surface area contributed by atoms with Crippen molar-refractivity contribution in [2.45, 2.75) is 37.6 Å². The molecular formula is C17H21N3O3. The van der Waals surface area contributed by atoms with Crippen LogP contribution in [0.4, 0.5) is 4.79 Å². The van der Waals surface area contributed by atoms with Gasteiger partial charge in [0.25, 0.3) is 5.91 Å². The van der Waals surface area contributed by atoms with E-state index in [1.54, 1.807) is 4.90 Å². The van der Waals surface area contributed by atoms with E-state index in [0.717, 1.165) is 12.8 Å². The minimum absolute atomic E-state index is 0.125. The van der Waals surface area contributed by atoms with Crippen molar-refractivity contribution < 1.29 is 14.4 Å². The van der Waals surface area contributed by atoms with Gasteiger partial charge in [-0.15, -0.1) is 0 Å². The number of amides is 4. The van der Waals surface area contributed by atoms with Crippen LogP contribution in [0.5, 0.6) is 0 Å². The molecule has 0 saturated carbocycles. The summed E-state index contributed by atoms with van der Waals surface area (Å²) in [5.74, 6) is -0.140. The normalized spacial score (nSPS) is 19.6. The van der Waals surface area contributed by atoms with Gasteiger partial charge in [-0.05, 0) is 31.2 Å². The Morgan fingerprint density at radius 2 is 1.83 bits per heavy atom. The molecule has 0 aromatic heterocycles. The maximum atomic E-state index is 12.3. The fraction of sp³-hybridized carbons (Fsp3) is 0.471. The highest BCUT2D eigenvalue weighted by atomic mass is 16.2. The average molecular weight is 315 g/mol. The second-order valence-corrected chi connectivity index (χ2v) is 6.21. The van der Waals surface area contributed by atoms with Crippen LogP contribution in [0.1, 0.15) is 31.2 Å². The second kappa shape index (κ2) is 6.40. The van der Waals surface area contributed by atoms with Crippen molar-refractivity contribution in [1.29, 1.82) is 0 Å². The first-order chi connectivity index (χ1) is 11.1. The van der Waals surface area contributed by atoms with Crippen LogP contribution in [0.15, 0.2) is 30.3 Å². The number of carbonyl (C=O) groups is 3. The van der Waals surface area contributed by atoms with Crippen molar-refractivity contribution in [3.8, 4) is 0 Å². The van der Waals surface area contributed by atoms with Crippen molar-refractivity contribution >= 4 is 17.8 Å². The fourth-order valence-electron chi connectivity index (χ4n) is 3.26. The third-order valence-electron chi connectivity index (χ3n) is 4.68. The number of carbonyl (C=O) groups excluding carboxylic acids is 3. The molecule has 23 heavy (non-hydrogen) atoms. The second-order valence-electron chi connectivity index (χ2n) is 6.21. The standard InChI is InChI=1S/C17H21N3O3/c21-14(8-4-7-13-5-2-1-3-6-13)20-11-9-17(10-12-20)15(22)18-16(23)19-17/h1-3,5-6H,4,7-12H2,(H2,18,19,22,23). The fourth-order valence-corrected chi connectivity index (χ4v) is 3.26. The number of urea groups is 1. The lowest BCUT2D eigenvalue weighted by atomic mass is 9.87. The predicted octanol–water partition coefficient (Wildman–Crippen LogP) is 1.21. The van der Waals surface area contributed by atoms with Crippen LogP contribution in [-0.2, 0) is 16.0 Å². The molecule has 6 heteroatoms. The third-order valence-corrected chi connectivity index (χ3v) is 4.68. The SMILES string of the molecule is O=C1NC(=O)C2(CCN(C(=O)CCCc3ccccc3)CC2)N1. The number of nitrogens with zero attached hydrogens (tertiary/aromatic N) is 1. The van der Waals surface area contributed by atoms with Gasteiger partial charge >= 0.3 is 6.03 Å². The van der Waals surface area contributed by atoms with E-state index in [1.807, 2.05) is 18.2 Å². The van der Waals surface area contributed by atoms with E-state index in [4.69, 9.17) is 0 Å². The quantitative estimate of drug-likeness (QED) is 0.820. The van der Waals surface area contributed by atoms with Crippen LogP contribution < -0.4 is 10.6 Å². The van der Waals surface area contributed by atoms with Gasteiger partial charge in [0, 0.05) is 19.5 Å². The highest BCUT2D eigenvalue weighted by Gasteiger charge is 2.48. The summed E-state index contributed by atoms with van der Waals surface area (Å²) in [6.45, 7) is 1.02. The molecule has 2 saturated heterocycles. The lowest BCUT2D eigenvalue weighted by molar-refractivity contribution is -0.135. The molecule has 0 radical (unpaired) electrons. The Morgan fingerprint density at radius 3 is 2.43 bits per heavy atom. The molecule has 0 aliphatic carbocycles. The van der Waals surface area contributed by atoms with Crippen molar-refractivity contribution in [2.24, 2.45) is 0 Å². The Bertz CT molecular complexity index is 607. The summed E-state index contributed by atoms with van der Waals surface area (Å²) in [5.41, 5.74) is 0.431. The van der Waals surface area contributed by atoms with Crippen LogP contribution in [0.25, 0.3) is 0 Å². The number of benzene rings is 1. The Kier molecular flexibility index (Phi) is 4.32. The highest BCUT2D eigenvalue weighted by molar-refractivity contribution is 6.07. The molecule has 0 unspecified atom stereocenters. The zero-order valence-electron chi connectivity index (χ0n) is 13.0. The first-order valence-corrected chi connectivity index (χ1v) is 8.04. The topological polar surface area (TPSA) is 78.5 Å². The van der Waals surface area contributed by atoms with Crippen molar-refractivity contribution in [2.75, 3.05) is 13.1 Å². The van der Waals surface area contributed by atoms with Crippen LogP contribution in [0, 0.1) is 0 Å². The molecular weight excluding hydrogens is 294 g/mol. The number of rotatable bonds is 4. The third kappa shape index (κ3) is 3.36. The maximum Gasteiger partial charge on any atom is 0.322 e. The van der Waals surface area contributed by atoms with Crippen molar-refractivity contribution in [3.63, 3.8) is 0 Å². The summed E-state index contributed by atoms with van der Waals surface area (Å²) in [5, 5.41) is 4.99. The number of likely N-dealkylation sites (tertiary alicyclic amines) is 1. The molecule has 2 aliphatic heterocycles. The number of piperidine rings is 1. The van der Waals surface area contributed by atoms with Crippen LogP contribution in [0.3, 0.4) is 0 Å². The zero-order chi connectivity index (χ0) is 16.3. The van der Waals surface area contributed by atoms with E-state index >= 15 is 0 Å². The van der Waals surface area contributed by atoms with Crippen molar-refractivity contribution in [3.05, 3.63) is 35.9 Å². The maximum absolute atomic E-state index is 12.3. The van der Waals surface area contributed by atoms with E-state index in [1.165, 1.54) is 5.56 Å². The van der Waals surface area contributed by atoms with E-state index in [0.29, 0.717) is 32.4 Å². The number of nitrogens with one attached hydrogen (secondary N) is 2. The smallest absolute Gasteiger partial charge is 0.322 e. The van der Waals surface area contributed by atoms with E-state index in [2.05, 4.69) is 22.8 Å². The van der Waals surface area contributed by atoms with Crippen LogP contribution >= 0.6 is 0 Å². The van der Waals surface area contributed by atoms with Gasteiger partial charge in [0.1, 0.15) is 5.54 Å². The molecule has 2 fully saturated rings. The van der Waals surface area contributed by atoms with Crippen LogP contribution in [0.2, 0.25) is 0 Å². The highest BCUT2D eigenvalue weighted by Crippen LogP contribution is 2.26. The molecule has 1 spiro atoms. The Balaban J connectivity index is 1.45. The lowest BCUT2D eigenvalue weighted by Crippen LogP contribution is -2.55. The van der Waals surface area contributed by atoms with Gasteiger partial charge < -0.3 is 10.2 Å². The zero-order valence-corrected chi connectivity index (χ0v) is 13.0. The van der Waals surface area contributed by atoms with Gasteiger partial charge in [-0.25, -0.2) is 4.79 Å². The molecule has 2 heterocycles. The summed E-state index contributed by atoms with van der Waals surface area (Å²) < 4.78 is 0. The molecule has 4 amide bonds. The molecule has 2 N–H and O–H groups in total. The summed E-state index contributed by atoms with van der Waals surface area (Å²) in [7, 11) is 0. The Labute approximate surface area is 135 Å². The van der Waals surface area contributed by atoms with E-state index < -0.39 is 11.6 Å². The summed E-state index contributed by atoms with van der Waals surface area (Å²) in [6, 6.07) is 9.69. The molecule has 0 atom stereocenters. The predicted molar refractivity (Wildman–Crippen MR) is 84.6 cm³/mol. The first-order valence-electron chi connectivity index (χ1n) is 8.04. The minimum atomic E-state index is -0.808. The summed E-state index contributed by atoms with van der Waals surface area (Å²) >= 11 is 0. The van der Waals surface area contributed by atoms with Crippen molar-refractivity contribution in [1.82, 2.24) is 15.5 Å². The number of hydrogen-bond donors (Lipinski definition) is 2. The first kappa shape index (κ1) is 15.5. The van der Waals surface area contributed by atoms with Gasteiger partial charge in [-0.3, -0.25) is 14.9 Å². The van der Waals surface area contributed by atoms with Gasteiger partial charge in [-0.1, -0.05) is 30.3 Å². The Hall–Kier alpha value is -2.37. The molecule has 6 nitrogen and oxygen atoms in total. The monoisotopic (exact) mass is 315 g/mol. The molecule has 1 aromatic rings. The van der Waals surface area contributed by atoms with Gasteiger partial charge in [0.2, 0.25) is 5.91 Å². The number of hydrogen-bond acceptors (Lipinski definition) is 3. The molecule has 122 valence electrons. The largest absolute Gasteiger partial charge is 0.342 e. The van der Waals surface area contributed by atoms with Gasteiger partial charge in [0.15, 0.2) is 0 Å².